The predicted octanol–water partition coefficient (Wildman–Crippen LogP) is 1.55. The molecule has 0 saturated carbocycles. The van der Waals surface area contributed by atoms with E-state index in [-0.39, 0.29) is 23.7 Å². The van der Waals surface area contributed by atoms with Crippen LogP contribution in [-0.4, -0.2) is 46.9 Å². The van der Waals surface area contributed by atoms with Crippen molar-refractivity contribution < 1.29 is 24.1 Å². The van der Waals surface area contributed by atoms with E-state index in [4.69, 9.17) is 14.2 Å². The van der Waals surface area contributed by atoms with Crippen molar-refractivity contribution in [1.82, 2.24) is 5.32 Å². The minimum Gasteiger partial charge on any atom is -0.370 e. The van der Waals surface area contributed by atoms with Crippen LogP contribution in [0.4, 0.5) is 0 Å². The third-order valence-electron chi connectivity index (χ3n) is 3.11. The van der Waals surface area contributed by atoms with Gasteiger partial charge in [0.15, 0.2) is 6.23 Å². The zero-order valence-corrected chi connectivity index (χ0v) is 14.1. The number of hydrogen-bond acceptors (Lipinski definition) is 5. The van der Waals surface area contributed by atoms with Gasteiger partial charge in [-0.15, -0.1) is 0 Å². The molecule has 0 aliphatic carbocycles. The molecule has 1 saturated heterocycles. The Labute approximate surface area is 127 Å². The Morgan fingerprint density at radius 2 is 2.00 bits per heavy atom. The molecule has 4 unspecified atom stereocenters. The van der Waals surface area contributed by atoms with Crippen LogP contribution in [0.2, 0.25) is 0 Å². The molecule has 0 bridgehead atoms. The van der Waals surface area contributed by atoms with Crippen LogP contribution in [0.3, 0.4) is 0 Å². The minimum absolute atomic E-state index is 0.101. The van der Waals surface area contributed by atoms with E-state index in [0.717, 1.165) is 0 Å². The lowest BCUT2D eigenvalue weighted by Crippen LogP contribution is -2.49. The van der Waals surface area contributed by atoms with E-state index in [1.165, 1.54) is 6.92 Å². The summed E-state index contributed by atoms with van der Waals surface area (Å²) in [5, 5.41) is 12.5. The molecule has 21 heavy (non-hydrogen) atoms. The second kappa shape index (κ2) is 6.60. The van der Waals surface area contributed by atoms with Gasteiger partial charge in [-0.2, -0.15) is 0 Å². The lowest BCUT2D eigenvalue weighted by Gasteiger charge is -2.33. The largest absolute Gasteiger partial charge is 0.370 e. The molecule has 1 fully saturated rings. The molecule has 1 aliphatic rings. The highest BCUT2D eigenvalue weighted by Crippen LogP contribution is 2.33. The van der Waals surface area contributed by atoms with Crippen molar-refractivity contribution >= 4 is 5.91 Å². The maximum absolute atomic E-state index is 11.1. The summed E-state index contributed by atoms with van der Waals surface area (Å²) in [5.74, 6) is -0.343. The summed E-state index contributed by atoms with van der Waals surface area (Å²) in [6.07, 6.45) is -1.77. The van der Waals surface area contributed by atoms with Crippen LogP contribution in [0.25, 0.3) is 0 Å². The number of nitrogens with one attached hydrogen (secondary N) is 1. The van der Waals surface area contributed by atoms with E-state index in [0.29, 0.717) is 6.42 Å². The number of hydrogen-bond donors (Lipinski definition) is 2. The molecule has 1 heterocycles. The molecule has 0 aromatic carbocycles. The van der Waals surface area contributed by atoms with Gasteiger partial charge in [-0.3, -0.25) is 4.79 Å². The molecule has 124 valence electrons. The van der Waals surface area contributed by atoms with Gasteiger partial charge in [0.1, 0.15) is 0 Å². The standard InChI is InChI=1S/C15H29NO5/c1-9-11(8-15(6,7)20-9)19-13(21-14(3,4)5)12(18)16-10(2)17/h9,11-13,18H,8H2,1-7H3,(H,16,17). The number of ether oxygens (including phenoxy) is 3. The summed E-state index contributed by atoms with van der Waals surface area (Å²) in [6, 6.07) is 0. The van der Waals surface area contributed by atoms with Crippen molar-refractivity contribution in [3.8, 4) is 0 Å². The molecule has 0 aromatic heterocycles. The zero-order chi connectivity index (χ0) is 16.4. The van der Waals surface area contributed by atoms with Crippen molar-refractivity contribution in [2.45, 2.75) is 90.8 Å². The fourth-order valence-electron chi connectivity index (χ4n) is 2.40. The van der Waals surface area contributed by atoms with Gasteiger partial charge in [-0.05, 0) is 41.5 Å². The predicted molar refractivity (Wildman–Crippen MR) is 78.6 cm³/mol. The zero-order valence-electron chi connectivity index (χ0n) is 14.1. The SMILES string of the molecule is CC(=O)NC(O)C(OC1CC(C)(C)OC1C)OC(C)(C)C. The first-order valence-electron chi connectivity index (χ1n) is 7.36. The van der Waals surface area contributed by atoms with E-state index in [2.05, 4.69) is 5.32 Å². The number of amides is 1. The average Bonchev–Trinajstić information content (AvgIpc) is 2.47. The average molecular weight is 303 g/mol. The number of aliphatic hydroxyl groups is 1. The summed E-state index contributed by atoms with van der Waals surface area (Å²) in [4.78, 5) is 11.1. The Balaban J connectivity index is 2.75. The van der Waals surface area contributed by atoms with Gasteiger partial charge in [-0.1, -0.05) is 0 Å². The first-order valence-corrected chi connectivity index (χ1v) is 7.36. The quantitative estimate of drug-likeness (QED) is 0.754. The van der Waals surface area contributed by atoms with Gasteiger partial charge < -0.3 is 24.6 Å². The molecule has 0 radical (unpaired) electrons. The first-order chi connectivity index (χ1) is 9.39. The van der Waals surface area contributed by atoms with Crippen LogP contribution in [0.15, 0.2) is 0 Å². The monoisotopic (exact) mass is 303 g/mol. The van der Waals surface area contributed by atoms with E-state index in [9.17, 15) is 9.90 Å². The van der Waals surface area contributed by atoms with Gasteiger partial charge in [-0.25, -0.2) is 0 Å². The first kappa shape index (κ1) is 18.4. The van der Waals surface area contributed by atoms with E-state index < -0.39 is 18.1 Å². The van der Waals surface area contributed by atoms with Crippen molar-refractivity contribution in [3.63, 3.8) is 0 Å². The minimum atomic E-state index is -1.22. The number of carbonyl (C=O) groups is 1. The summed E-state index contributed by atoms with van der Waals surface area (Å²) < 4.78 is 17.4. The lowest BCUT2D eigenvalue weighted by molar-refractivity contribution is -0.260. The molecule has 0 aromatic rings. The Bertz CT molecular complexity index is 364. The molecule has 1 aliphatic heterocycles. The van der Waals surface area contributed by atoms with E-state index >= 15 is 0 Å². The van der Waals surface area contributed by atoms with Gasteiger partial charge in [0.25, 0.3) is 0 Å². The lowest BCUT2D eigenvalue weighted by atomic mass is 10.0. The van der Waals surface area contributed by atoms with Crippen molar-refractivity contribution in [2.75, 3.05) is 0 Å². The second-order valence-electron chi connectivity index (χ2n) is 7.21. The maximum atomic E-state index is 11.1. The highest BCUT2D eigenvalue weighted by atomic mass is 16.7. The van der Waals surface area contributed by atoms with Gasteiger partial charge in [0, 0.05) is 13.3 Å². The van der Waals surface area contributed by atoms with E-state index in [1.807, 2.05) is 41.5 Å². The van der Waals surface area contributed by atoms with Crippen LogP contribution in [0.1, 0.15) is 54.9 Å². The maximum Gasteiger partial charge on any atom is 0.218 e. The molecular formula is C15H29NO5. The Morgan fingerprint density at radius 3 is 2.38 bits per heavy atom. The van der Waals surface area contributed by atoms with Crippen LogP contribution in [0, 0.1) is 0 Å². The number of aliphatic hydroxyl groups excluding tert-OH is 1. The highest BCUT2D eigenvalue weighted by Gasteiger charge is 2.41. The summed E-state index contributed by atoms with van der Waals surface area (Å²) >= 11 is 0. The smallest absolute Gasteiger partial charge is 0.218 e. The normalized spacial score (nSPS) is 28.2. The molecule has 1 rings (SSSR count). The molecule has 2 N–H and O–H groups in total. The van der Waals surface area contributed by atoms with Crippen molar-refractivity contribution in [2.24, 2.45) is 0 Å². The van der Waals surface area contributed by atoms with Crippen LogP contribution in [0.5, 0.6) is 0 Å². The number of carbonyl (C=O) groups excluding carboxylic acids is 1. The molecular weight excluding hydrogens is 274 g/mol. The Morgan fingerprint density at radius 1 is 1.43 bits per heavy atom. The fraction of sp³-hybridized carbons (Fsp3) is 0.933. The van der Waals surface area contributed by atoms with Crippen LogP contribution < -0.4 is 5.32 Å². The Kier molecular flexibility index (Phi) is 5.77. The van der Waals surface area contributed by atoms with Gasteiger partial charge in [0.2, 0.25) is 12.2 Å². The summed E-state index contributed by atoms with van der Waals surface area (Å²) in [7, 11) is 0. The highest BCUT2D eigenvalue weighted by molar-refractivity contribution is 5.73. The molecule has 1 amide bonds. The fourth-order valence-corrected chi connectivity index (χ4v) is 2.40. The van der Waals surface area contributed by atoms with Gasteiger partial charge >= 0.3 is 0 Å². The third kappa shape index (κ3) is 6.30. The second-order valence-corrected chi connectivity index (χ2v) is 7.21. The topological polar surface area (TPSA) is 77.0 Å². The number of rotatable bonds is 5. The van der Waals surface area contributed by atoms with Crippen LogP contribution in [-0.2, 0) is 19.0 Å². The van der Waals surface area contributed by atoms with Crippen molar-refractivity contribution in [3.05, 3.63) is 0 Å². The molecule has 4 atom stereocenters. The molecule has 6 nitrogen and oxygen atoms in total. The molecule has 0 spiro atoms. The van der Waals surface area contributed by atoms with Gasteiger partial charge in [0.05, 0.1) is 23.4 Å². The van der Waals surface area contributed by atoms with E-state index in [1.54, 1.807) is 0 Å². The summed E-state index contributed by atoms with van der Waals surface area (Å²) in [5.41, 5.74) is -0.780. The molecule has 6 heteroatoms. The van der Waals surface area contributed by atoms with Crippen molar-refractivity contribution in [1.29, 1.82) is 0 Å². The Hall–Kier alpha value is -0.690. The third-order valence-corrected chi connectivity index (χ3v) is 3.11. The summed E-state index contributed by atoms with van der Waals surface area (Å²) in [6.45, 7) is 12.8. The van der Waals surface area contributed by atoms with Crippen LogP contribution >= 0.6 is 0 Å².